The van der Waals surface area contributed by atoms with Gasteiger partial charge in [-0.05, 0) is 71.5 Å². The number of carbonyl (C=O) groups excluding carboxylic acids is 2. The molecule has 0 saturated carbocycles. The average Bonchev–Trinajstić information content (AvgIpc) is 3.94. The smallest absolute Gasteiger partial charge is 0.414 e. The molecule has 0 unspecified atom stereocenters. The molecule has 0 saturated heterocycles. The lowest BCUT2D eigenvalue weighted by atomic mass is 10.1. The molecule has 6 rings (SSSR count). The van der Waals surface area contributed by atoms with E-state index in [1.807, 2.05) is 100 Å². The van der Waals surface area contributed by atoms with Gasteiger partial charge in [0.2, 0.25) is 11.8 Å². The van der Waals surface area contributed by atoms with E-state index in [1.165, 1.54) is 0 Å². The Morgan fingerprint density at radius 3 is 1.53 bits per heavy atom. The first-order valence-electron chi connectivity index (χ1n) is 18.3. The highest BCUT2D eigenvalue weighted by atomic mass is 35.5. The number of alkyl halides is 4. The lowest BCUT2D eigenvalue weighted by molar-refractivity contribution is 0.115. The van der Waals surface area contributed by atoms with Gasteiger partial charge < -0.3 is 23.6 Å². The van der Waals surface area contributed by atoms with Gasteiger partial charge in [0.15, 0.2) is 0 Å². The van der Waals surface area contributed by atoms with Crippen LogP contribution in [0, 0.1) is 11.8 Å². The number of benzene rings is 4. The Labute approximate surface area is 343 Å². The number of hydrogen-bond donors (Lipinski definition) is 1. The van der Waals surface area contributed by atoms with Crippen molar-refractivity contribution in [3.8, 4) is 22.9 Å². The van der Waals surface area contributed by atoms with Crippen LogP contribution in [0.25, 0.3) is 22.9 Å². The highest BCUT2D eigenvalue weighted by molar-refractivity contribution is 6.61. The number of halogens is 5. The van der Waals surface area contributed by atoms with Crippen molar-refractivity contribution in [1.82, 2.24) is 20.4 Å². The molecule has 2 heterocycles. The zero-order valence-electron chi connectivity index (χ0n) is 32.6. The molecule has 6 aromatic rings. The number of nitrogens with one attached hydrogen (secondary N) is 1. The third-order valence-electron chi connectivity index (χ3n) is 7.63. The zero-order valence-corrected chi connectivity index (χ0v) is 33.4. The summed E-state index contributed by atoms with van der Waals surface area (Å²) in [5.74, 6) is -0.681. The van der Waals surface area contributed by atoms with Crippen LogP contribution in [0.2, 0.25) is 0 Å². The zero-order chi connectivity index (χ0) is 42.7. The van der Waals surface area contributed by atoms with E-state index in [1.54, 1.807) is 41.3 Å². The molecule has 0 aliphatic heterocycles. The highest BCUT2D eigenvalue weighted by Gasteiger charge is 2.20. The van der Waals surface area contributed by atoms with Crippen molar-refractivity contribution in [3.63, 3.8) is 0 Å². The Kier molecular flexibility index (Phi) is 17.9. The number of nitrogens with zero attached hydrogens (tertiary/aromatic N) is 5. The standard InChI is InChI=1S/C21H21F2N3O3.C16H13F2N3O.C5H9ClO2/c1-14(2)13-28-21(27)26(17-6-4-3-5-7-17)12-15-8-10-16(11-9-15)19-24-25-20(29-19)18(22)23;17-14(18)16-21-20-15(22-16)12-8-6-11(7-9-12)10-19-13-4-2-1-3-5-13;1-4(2)3-8-5(6)7/h3-11,14,18H,12-13H2,1-2H3;1-9,14,19H,10H2;4H,3H2,1-2H3. The monoisotopic (exact) mass is 838 g/mol. The van der Waals surface area contributed by atoms with E-state index in [0.29, 0.717) is 42.5 Å². The van der Waals surface area contributed by atoms with E-state index in [4.69, 9.17) is 25.2 Å². The van der Waals surface area contributed by atoms with Gasteiger partial charge in [-0.1, -0.05) is 88.4 Å². The lowest BCUT2D eigenvalue weighted by Gasteiger charge is -2.23. The van der Waals surface area contributed by atoms with Crippen LogP contribution in [0.15, 0.2) is 118 Å². The van der Waals surface area contributed by atoms with Crippen LogP contribution in [0.4, 0.5) is 38.5 Å². The molecule has 17 heteroatoms. The topological polar surface area (TPSA) is 146 Å². The van der Waals surface area contributed by atoms with Crippen LogP contribution in [0.5, 0.6) is 0 Å². The summed E-state index contributed by atoms with van der Waals surface area (Å²) in [5.41, 5.74) is 4.03. The first-order chi connectivity index (χ1) is 28.3. The quantitative estimate of drug-likeness (QED) is 0.0826. The second kappa shape index (κ2) is 23.2. The molecule has 0 bridgehead atoms. The minimum absolute atomic E-state index is 0.0168. The normalized spacial score (nSPS) is 10.8. The average molecular weight is 839 g/mol. The second-order valence-electron chi connectivity index (χ2n) is 13.4. The summed E-state index contributed by atoms with van der Waals surface area (Å²) in [6.45, 7) is 9.50. The van der Waals surface area contributed by atoms with E-state index >= 15 is 0 Å². The molecule has 0 spiro atoms. The molecular weight excluding hydrogens is 796 g/mol. The summed E-state index contributed by atoms with van der Waals surface area (Å²) < 4.78 is 69.7. The minimum atomic E-state index is -2.81. The van der Waals surface area contributed by atoms with Crippen LogP contribution >= 0.6 is 11.6 Å². The fourth-order valence-corrected chi connectivity index (χ4v) is 4.82. The van der Waals surface area contributed by atoms with E-state index in [2.05, 4.69) is 30.4 Å². The molecule has 0 aliphatic carbocycles. The van der Waals surface area contributed by atoms with Crippen molar-refractivity contribution in [2.24, 2.45) is 11.8 Å². The molecule has 59 heavy (non-hydrogen) atoms. The Morgan fingerprint density at radius 2 is 1.10 bits per heavy atom. The van der Waals surface area contributed by atoms with Crippen molar-refractivity contribution in [1.29, 1.82) is 0 Å². The molecule has 1 amide bonds. The van der Waals surface area contributed by atoms with E-state index < -0.39 is 36.2 Å². The van der Waals surface area contributed by atoms with Crippen LogP contribution < -0.4 is 10.2 Å². The van der Waals surface area contributed by atoms with Crippen molar-refractivity contribution >= 4 is 34.5 Å². The summed E-state index contributed by atoms with van der Waals surface area (Å²) >= 11 is 4.86. The third kappa shape index (κ3) is 15.5. The Morgan fingerprint density at radius 1 is 0.644 bits per heavy atom. The number of hydrogen-bond acceptors (Lipinski definition) is 11. The number of aromatic nitrogens is 4. The molecule has 2 aromatic heterocycles. The molecule has 4 aromatic carbocycles. The van der Waals surface area contributed by atoms with E-state index in [-0.39, 0.29) is 24.2 Å². The van der Waals surface area contributed by atoms with Crippen molar-refractivity contribution in [2.75, 3.05) is 23.4 Å². The molecule has 0 aliphatic rings. The van der Waals surface area contributed by atoms with Crippen molar-refractivity contribution in [2.45, 2.75) is 53.6 Å². The van der Waals surface area contributed by atoms with Crippen LogP contribution in [0.1, 0.15) is 63.5 Å². The number of anilines is 2. The first-order valence-corrected chi connectivity index (χ1v) is 18.7. The largest absolute Gasteiger partial charge is 0.453 e. The SMILES string of the molecule is CC(C)COC(=O)Cl.CC(C)COC(=O)N(Cc1ccc(-c2nnc(C(F)F)o2)cc1)c1ccccc1.FC(F)c1nnc(-c2ccc(CNc3ccccc3)cc2)o1. The number of ether oxygens (including phenoxy) is 2. The molecule has 0 atom stereocenters. The lowest BCUT2D eigenvalue weighted by Crippen LogP contribution is -2.31. The van der Waals surface area contributed by atoms with Crippen LogP contribution in [-0.4, -0.2) is 45.1 Å². The van der Waals surface area contributed by atoms with Gasteiger partial charge in [0.05, 0.1) is 19.8 Å². The summed E-state index contributed by atoms with van der Waals surface area (Å²) in [4.78, 5) is 24.0. The van der Waals surface area contributed by atoms with Crippen LogP contribution in [0.3, 0.4) is 0 Å². The molecule has 12 nitrogen and oxygen atoms in total. The number of rotatable bonds is 14. The predicted molar refractivity (Wildman–Crippen MR) is 214 cm³/mol. The number of para-hydroxylation sites is 2. The summed E-state index contributed by atoms with van der Waals surface area (Å²) in [6, 6.07) is 33.3. The first kappa shape index (κ1) is 45.4. The number of amides is 1. The minimum Gasteiger partial charge on any atom is -0.453 e. The van der Waals surface area contributed by atoms with Gasteiger partial charge in [0.1, 0.15) is 0 Å². The summed E-state index contributed by atoms with van der Waals surface area (Å²) in [6.07, 6.45) is -6.00. The van der Waals surface area contributed by atoms with Gasteiger partial charge in [-0.3, -0.25) is 4.90 Å². The molecule has 312 valence electrons. The maximum absolute atomic E-state index is 12.6. The molecule has 0 radical (unpaired) electrons. The van der Waals surface area contributed by atoms with Gasteiger partial charge >= 0.3 is 24.4 Å². The fraction of sp³-hybridized carbons (Fsp3) is 0.286. The summed E-state index contributed by atoms with van der Waals surface area (Å²) in [7, 11) is 0. The van der Waals surface area contributed by atoms with Gasteiger partial charge in [0, 0.05) is 40.6 Å². The third-order valence-corrected chi connectivity index (χ3v) is 7.74. The Balaban J connectivity index is 0.000000226. The Hall–Kier alpha value is -6.29. The second-order valence-corrected chi connectivity index (χ2v) is 13.7. The molecule has 0 fully saturated rings. The predicted octanol–water partition coefficient (Wildman–Crippen LogP) is 11.8. The fourth-order valence-electron chi connectivity index (χ4n) is 4.76. The number of carbonyl (C=O) groups is 2. The van der Waals surface area contributed by atoms with Gasteiger partial charge in [-0.15, -0.1) is 20.4 Å². The highest BCUT2D eigenvalue weighted by Crippen LogP contribution is 2.26. The van der Waals surface area contributed by atoms with E-state index in [0.717, 1.165) is 16.8 Å². The maximum Gasteiger partial charge on any atom is 0.414 e. The van der Waals surface area contributed by atoms with Gasteiger partial charge in [0.25, 0.3) is 11.8 Å². The van der Waals surface area contributed by atoms with Crippen molar-refractivity contribution in [3.05, 3.63) is 132 Å². The van der Waals surface area contributed by atoms with Crippen LogP contribution in [-0.2, 0) is 22.6 Å². The molecular formula is C42H43ClF4N6O6. The summed E-state index contributed by atoms with van der Waals surface area (Å²) in [5, 5.41) is 17.2. The molecule has 1 N–H and O–H groups in total. The van der Waals surface area contributed by atoms with Gasteiger partial charge in [-0.25, -0.2) is 9.59 Å². The van der Waals surface area contributed by atoms with E-state index in [9.17, 15) is 27.2 Å². The van der Waals surface area contributed by atoms with Gasteiger partial charge in [-0.2, -0.15) is 17.6 Å². The Bertz CT molecular complexity index is 2140. The maximum atomic E-state index is 12.6. The van der Waals surface area contributed by atoms with Crippen molar-refractivity contribution < 1.29 is 45.5 Å².